The molecule has 1 aliphatic rings. The molecule has 7 heteroatoms. The van der Waals surface area contributed by atoms with Crippen LogP contribution in [-0.2, 0) is 4.79 Å². The molecule has 0 bridgehead atoms. The van der Waals surface area contributed by atoms with Gasteiger partial charge in [-0.05, 0) is 40.8 Å². The third kappa shape index (κ3) is 2.45. The number of carbonyl (C=O) groups is 3. The molecule has 18 heavy (non-hydrogen) atoms. The van der Waals surface area contributed by atoms with Gasteiger partial charge in [0.2, 0.25) is 5.91 Å². The van der Waals surface area contributed by atoms with Crippen LogP contribution in [0.3, 0.4) is 0 Å². The van der Waals surface area contributed by atoms with Crippen LogP contribution in [-0.4, -0.2) is 29.6 Å². The average Bonchev–Trinajstić information content (AvgIpc) is 2.30. The third-order valence-electron chi connectivity index (χ3n) is 2.54. The molecule has 94 valence electrons. The fourth-order valence-corrected chi connectivity index (χ4v) is 2.27. The number of carboxylic acids is 1. The standard InChI is InChI=1S/C11H9IN2O4/c12-7-2-1-6(10(16)17)5-8(7)14-4-3-9(15)13-11(14)18/h1-2,5H,3-4H2,(H,16,17)(H,13,15,18). The molecule has 1 heterocycles. The van der Waals surface area contributed by atoms with E-state index in [4.69, 9.17) is 5.11 Å². The predicted molar refractivity (Wildman–Crippen MR) is 71.6 cm³/mol. The fraction of sp³-hybridized carbons (Fsp3) is 0.182. The highest BCUT2D eigenvalue weighted by Crippen LogP contribution is 2.25. The second-order valence-corrected chi connectivity index (χ2v) is 4.89. The molecule has 0 aromatic heterocycles. The predicted octanol–water partition coefficient (Wildman–Crippen LogP) is 1.44. The Balaban J connectivity index is 2.38. The third-order valence-corrected chi connectivity index (χ3v) is 3.45. The summed E-state index contributed by atoms with van der Waals surface area (Å²) in [5.41, 5.74) is 0.607. The first kappa shape index (κ1) is 12.8. The van der Waals surface area contributed by atoms with Gasteiger partial charge in [-0.15, -0.1) is 0 Å². The Morgan fingerprint density at radius 2 is 2.11 bits per heavy atom. The molecule has 1 aromatic carbocycles. The number of amides is 3. The van der Waals surface area contributed by atoms with Gasteiger partial charge in [0, 0.05) is 16.5 Å². The van der Waals surface area contributed by atoms with Crippen LogP contribution in [0.4, 0.5) is 10.5 Å². The van der Waals surface area contributed by atoms with Crippen molar-refractivity contribution in [3.63, 3.8) is 0 Å². The van der Waals surface area contributed by atoms with E-state index in [0.29, 0.717) is 5.69 Å². The molecule has 0 spiro atoms. The minimum Gasteiger partial charge on any atom is -0.478 e. The molecule has 3 amide bonds. The Morgan fingerprint density at radius 3 is 2.72 bits per heavy atom. The van der Waals surface area contributed by atoms with Gasteiger partial charge >= 0.3 is 12.0 Å². The molecule has 6 nitrogen and oxygen atoms in total. The van der Waals surface area contributed by atoms with Crippen LogP contribution in [0.25, 0.3) is 0 Å². The number of carbonyl (C=O) groups excluding carboxylic acids is 2. The van der Waals surface area contributed by atoms with Gasteiger partial charge in [0.15, 0.2) is 0 Å². The van der Waals surface area contributed by atoms with Gasteiger partial charge < -0.3 is 5.11 Å². The largest absolute Gasteiger partial charge is 0.478 e. The molecule has 0 saturated carbocycles. The second kappa shape index (κ2) is 4.92. The van der Waals surface area contributed by atoms with Crippen LogP contribution in [0.5, 0.6) is 0 Å². The first-order chi connectivity index (χ1) is 8.49. The Bertz CT molecular complexity index is 544. The summed E-state index contributed by atoms with van der Waals surface area (Å²) in [7, 11) is 0. The molecule has 1 aromatic rings. The maximum atomic E-state index is 11.7. The molecule has 0 atom stereocenters. The number of nitrogens with zero attached hydrogens (tertiary/aromatic N) is 1. The van der Waals surface area contributed by atoms with Crippen LogP contribution in [0.1, 0.15) is 16.8 Å². The Labute approximate surface area is 116 Å². The molecule has 0 radical (unpaired) electrons. The van der Waals surface area contributed by atoms with E-state index >= 15 is 0 Å². The topological polar surface area (TPSA) is 86.7 Å². The molecule has 1 fully saturated rings. The molecule has 2 N–H and O–H groups in total. The summed E-state index contributed by atoms with van der Waals surface area (Å²) in [4.78, 5) is 35.0. The minimum absolute atomic E-state index is 0.107. The summed E-state index contributed by atoms with van der Waals surface area (Å²) in [6.07, 6.45) is 0.207. The number of imide groups is 1. The van der Waals surface area contributed by atoms with Crippen molar-refractivity contribution in [1.82, 2.24) is 5.32 Å². The highest BCUT2D eigenvalue weighted by Gasteiger charge is 2.26. The fourth-order valence-electron chi connectivity index (χ4n) is 1.65. The Morgan fingerprint density at radius 1 is 1.39 bits per heavy atom. The van der Waals surface area contributed by atoms with E-state index < -0.39 is 12.0 Å². The molecule has 2 rings (SSSR count). The molecule has 1 saturated heterocycles. The van der Waals surface area contributed by atoms with Crippen molar-refractivity contribution in [1.29, 1.82) is 0 Å². The lowest BCUT2D eigenvalue weighted by Crippen LogP contribution is -2.49. The van der Waals surface area contributed by atoms with Gasteiger partial charge in [0.25, 0.3) is 0 Å². The number of rotatable bonds is 2. The minimum atomic E-state index is -1.05. The Hall–Kier alpha value is -1.64. The molecule has 1 aliphatic heterocycles. The van der Waals surface area contributed by atoms with Crippen molar-refractivity contribution in [3.8, 4) is 0 Å². The van der Waals surface area contributed by atoms with Gasteiger partial charge in [-0.3, -0.25) is 15.0 Å². The number of benzene rings is 1. The van der Waals surface area contributed by atoms with Crippen LogP contribution in [0.2, 0.25) is 0 Å². The number of hydrogen-bond acceptors (Lipinski definition) is 3. The lowest BCUT2D eigenvalue weighted by Gasteiger charge is -2.27. The number of aromatic carboxylic acids is 1. The van der Waals surface area contributed by atoms with Crippen LogP contribution >= 0.6 is 22.6 Å². The van der Waals surface area contributed by atoms with Crippen molar-refractivity contribution in [2.45, 2.75) is 6.42 Å². The summed E-state index contributed by atoms with van der Waals surface area (Å²) in [5, 5.41) is 11.1. The zero-order valence-electron chi connectivity index (χ0n) is 9.14. The first-order valence-corrected chi connectivity index (χ1v) is 6.21. The number of hydrogen-bond donors (Lipinski definition) is 2. The normalized spacial score (nSPS) is 15.5. The van der Waals surface area contributed by atoms with Crippen LogP contribution in [0.15, 0.2) is 18.2 Å². The zero-order valence-corrected chi connectivity index (χ0v) is 11.3. The van der Waals surface area contributed by atoms with Crippen molar-refractivity contribution in [3.05, 3.63) is 27.3 Å². The van der Waals surface area contributed by atoms with Gasteiger partial charge in [0.1, 0.15) is 0 Å². The molecule has 0 unspecified atom stereocenters. The van der Waals surface area contributed by atoms with E-state index in [1.807, 2.05) is 22.6 Å². The highest BCUT2D eigenvalue weighted by atomic mass is 127. The van der Waals surface area contributed by atoms with E-state index in [2.05, 4.69) is 5.32 Å². The molecular weight excluding hydrogens is 351 g/mol. The van der Waals surface area contributed by atoms with Crippen molar-refractivity contribution in [2.75, 3.05) is 11.4 Å². The summed E-state index contributed by atoms with van der Waals surface area (Å²) < 4.78 is 0.752. The summed E-state index contributed by atoms with van der Waals surface area (Å²) in [6, 6.07) is 4.01. The average molecular weight is 360 g/mol. The maximum Gasteiger partial charge on any atom is 0.335 e. The zero-order chi connectivity index (χ0) is 13.3. The van der Waals surface area contributed by atoms with Crippen molar-refractivity contribution < 1.29 is 19.5 Å². The van der Waals surface area contributed by atoms with Gasteiger partial charge in [-0.25, -0.2) is 9.59 Å². The van der Waals surface area contributed by atoms with Crippen molar-refractivity contribution >= 4 is 46.2 Å². The van der Waals surface area contributed by atoms with Crippen LogP contribution in [0, 0.1) is 3.57 Å². The number of halogens is 1. The number of urea groups is 1. The summed E-state index contributed by atoms with van der Waals surface area (Å²) in [5.74, 6) is -1.37. The van der Waals surface area contributed by atoms with Gasteiger partial charge in [-0.1, -0.05) is 0 Å². The number of carboxylic acid groups (broad SMARTS) is 1. The van der Waals surface area contributed by atoms with Gasteiger partial charge in [0.05, 0.1) is 11.3 Å². The summed E-state index contributed by atoms with van der Waals surface area (Å²) >= 11 is 2.02. The van der Waals surface area contributed by atoms with Crippen LogP contribution < -0.4 is 10.2 Å². The van der Waals surface area contributed by atoms with Gasteiger partial charge in [-0.2, -0.15) is 0 Å². The summed E-state index contributed by atoms with van der Waals surface area (Å²) in [6.45, 7) is 0.254. The van der Waals surface area contributed by atoms with E-state index in [9.17, 15) is 14.4 Å². The molecule has 0 aliphatic carbocycles. The quantitative estimate of drug-likeness (QED) is 0.782. The molecular formula is C11H9IN2O4. The van der Waals surface area contributed by atoms with Crippen molar-refractivity contribution in [2.24, 2.45) is 0 Å². The van der Waals surface area contributed by atoms with E-state index in [-0.39, 0.29) is 24.4 Å². The smallest absolute Gasteiger partial charge is 0.335 e. The first-order valence-electron chi connectivity index (χ1n) is 5.13. The van der Waals surface area contributed by atoms with E-state index in [0.717, 1.165) is 3.57 Å². The van der Waals surface area contributed by atoms with E-state index in [1.54, 1.807) is 6.07 Å². The lowest BCUT2D eigenvalue weighted by atomic mass is 10.1. The lowest BCUT2D eigenvalue weighted by molar-refractivity contribution is -0.120. The van der Waals surface area contributed by atoms with E-state index in [1.165, 1.54) is 17.0 Å². The Kier molecular flexibility index (Phi) is 3.50. The maximum absolute atomic E-state index is 11.7. The monoisotopic (exact) mass is 360 g/mol. The SMILES string of the molecule is O=C1CCN(c2cc(C(=O)O)ccc2I)C(=O)N1. The highest BCUT2D eigenvalue weighted by molar-refractivity contribution is 14.1. The number of anilines is 1. The number of nitrogens with one attached hydrogen (secondary N) is 1. The second-order valence-electron chi connectivity index (χ2n) is 3.73.